The summed E-state index contributed by atoms with van der Waals surface area (Å²) in [6.07, 6.45) is 4.10. The molecule has 1 N–H and O–H groups in total. The van der Waals surface area contributed by atoms with Crippen molar-refractivity contribution in [1.82, 2.24) is 10.2 Å². The Bertz CT molecular complexity index is 139. The molecule has 1 saturated heterocycles. The molecule has 84 valence electrons. The second-order valence-corrected chi connectivity index (χ2v) is 4.87. The van der Waals surface area contributed by atoms with Crippen molar-refractivity contribution in [2.45, 2.75) is 46.1 Å². The summed E-state index contributed by atoms with van der Waals surface area (Å²) in [5.74, 6) is 0.798. The summed E-state index contributed by atoms with van der Waals surface area (Å²) in [7, 11) is 0. The smallest absolute Gasteiger partial charge is 0.00797 e. The van der Waals surface area contributed by atoms with E-state index in [9.17, 15) is 0 Å². The SMILES string of the molecule is CCN(CCC1CCCN1)CC(C)C. The van der Waals surface area contributed by atoms with Crippen molar-refractivity contribution < 1.29 is 0 Å². The minimum absolute atomic E-state index is 0.798. The van der Waals surface area contributed by atoms with E-state index in [0.717, 1.165) is 12.0 Å². The lowest BCUT2D eigenvalue weighted by Crippen LogP contribution is -2.33. The maximum Gasteiger partial charge on any atom is 0.00797 e. The average molecular weight is 198 g/mol. The first-order valence-corrected chi connectivity index (χ1v) is 6.18. The Labute approximate surface area is 89.1 Å². The maximum absolute atomic E-state index is 3.56. The number of hydrogen-bond donors (Lipinski definition) is 1. The van der Waals surface area contributed by atoms with Crippen LogP contribution in [-0.4, -0.2) is 37.1 Å². The zero-order chi connectivity index (χ0) is 10.4. The molecule has 1 aliphatic rings. The molecule has 14 heavy (non-hydrogen) atoms. The van der Waals surface area contributed by atoms with Gasteiger partial charge in [-0.05, 0) is 44.8 Å². The van der Waals surface area contributed by atoms with Gasteiger partial charge in [0, 0.05) is 12.6 Å². The second kappa shape index (κ2) is 6.41. The zero-order valence-corrected chi connectivity index (χ0v) is 10.1. The second-order valence-electron chi connectivity index (χ2n) is 4.87. The fraction of sp³-hybridized carbons (Fsp3) is 1.00. The van der Waals surface area contributed by atoms with Gasteiger partial charge in [-0.25, -0.2) is 0 Å². The standard InChI is InChI=1S/C12H26N2/c1-4-14(10-11(2)3)9-7-12-6-5-8-13-12/h11-13H,4-10H2,1-3H3. The molecular formula is C12H26N2. The van der Waals surface area contributed by atoms with Gasteiger partial charge in [0.2, 0.25) is 0 Å². The molecule has 1 fully saturated rings. The van der Waals surface area contributed by atoms with Crippen LogP contribution in [0.25, 0.3) is 0 Å². The van der Waals surface area contributed by atoms with Crippen LogP contribution < -0.4 is 5.32 Å². The molecule has 0 radical (unpaired) electrons. The maximum atomic E-state index is 3.56. The lowest BCUT2D eigenvalue weighted by Gasteiger charge is -2.24. The van der Waals surface area contributed by atoms with E-state index in [2.05, 4.69) is 31.0 Å². The van der Waals surface area contributed by atoms with E-state index in [4.69, 9.17) is 0 Å². The van der Waals surface area contributed by atoms with Gasteiger partial charge in [-0.1, -0.05) is 20.8 Å². The van der Waals surface area contributed by atoms with E-state index in [1.165, 1.54) is 45.4 Å². The molecule has 0 aromatic heterocycles. The highest BCUT2D eigenvalue weighted by Gasteiger charge is 2.15. The highest BCUT2D eigenvalue weighted by atomic mass is 15.1. The van der Waals surface area contributed by atoms with Crippen LogP contribution in [0.3, 0.4) is 0 Å². The molecule has 2 heteroatoms. The van der Waals surface area contributed by atoms with E-state index in [1.807, 2.05) is 0 Å². The third kappa shape index (κ3) is 4.43. The van der Waals surface area contributed by atoms with E-state index >= 15 is 0 Å². The number of rotatable bonds is 6. The fourth-order valence-corrected chi connectivity index (χ4v) is 2.24. The van der Waals surface area contributed by atoms with Crippen LogP contribution in [0.2, 0.25) is 0 Å². The third-order valence-corrected chi connectivity index (χ3v) is 3.03. The van der Waals surface area contributed by atoms with Crippen molar-refractivity contribution >= 4 is 0 Å². The molecule has 0 bridgehead atoms. The summed E-state index contributed by atoms with van der Waals surface area (Å²) in [4.78, 5) is 2.57. The predicted octanol–water partition coefficient (Wildman–Crippen LogP) is 2.11. The molecule has 1 atom stereocenters. The van der Waals surface area contributed by atoms with Crippen LogP contribution in [0.5, 0.6) is 0 Å². The van der Waals surface area contributed by atoms with Crippen LogP contribution >= 0.6 is 0 Å². The van der Waals surface area contributed by atoms with Crippen LogP contribution in [0.4, 0.5) is 0 Å². The Kier molecular flexibility index (Phi) is 5.49. The van der Waals surface area contributed by atoms with Gasteiger partial charge in [0.05, 0.1) is 0 Å². The summed E-state index contributed by atoms with van der Waals surface area (Å²) in [6.45, 7) is 11.8. The normalized spacial score (nSPS) is 22.5. The molecule has 0 aromatic rings. The average Bonchev–Trinajstić information content (AvgIpc) is 2.64. The van der Waals surface area contributed by atoms with Gasteiger partial charge < -0.3 is 10.2 Å². The van der Waals surface area contributed by atoms with Crippen LogP contribution in [0.1, 0.15) is 40.0 Å². The Morgan fingerprint density at radius 2 is 2.21 bits per heavy atom. The van der Waals surface area contributed by atoms with Crippen molar-refractivity contribution in [1.29, 1.82) is 0 Å². The van der Waals surface area contributed by atoms with E-state index in [1.54, 1.807) is 0 Å². The monoisotopic (exact) mass is 198 g/mol. The molecule has 0 aliphatic carbocycles. The molecule has 0 amide bonds. The van der Waals surface area contributed by atoms with Gasteiger partial charge in [0.25, 0.3) is 0 Å². The summed E-state index contributed by atoms with van der Waals surface area (Å²) in [5, 5.41) is 3.56. The van der Waals surface area contributed by atoms with E-state index < -0.39 is 0 Å². The molecule has 2 nitrogen and oxygen atoms in total. The van der Waals surface area contributed by atoms with Gasteiger partial charge in [-0.3, -0.25) is 0 Å². The zero-order valence-electron chi connectivity index (χ0n) is 10.1. The molecule has 1 aliphatic heterocycles. The van der Waals surface area contributed by atoms with Crippen molar-refractivity contribution in [3.05, 3.63) is 0 Å². The highest BCUT2D eigenvalue weighted by Crippen LogP contribution is 2.10. The summed E-state index contributed by atoms with van der Waals surface area (Å²) in [6, 6.07) is 0.802. The van der Waals surface area contributed by atoms with E-state index in [-0.39, 0.29) is 0 Å². The van der Waals surface area contributed by atoms with Crippen molar-refractivity contribution in [3.8, 4) is 0 Å². The number of nitrogens with one attached hydrogen (secondary N) is 1. The third-order valence-electron chi connectivity index (χ3n) is 3.03. The predicted molar refractivity (Wildman–Crippen MR) is 62.6 cm³/mol. The molecule has 0 spiro atoms. The minimum Gasteiger partial charge on any atom is -0.314 e. The van der Waals surface area contributed by atoms with Crippen molar-refractivity contribution in [3.63, 3.8) is 0 Å². The van der Waals surface area contributed by atoms with Gasteiger partial charge in [-0.15, -0.1) is 0 Å². The molecule has 1 heterocycles. The molecule has 0 saturated carbocycles. The topological polar surface area (TPSA) is 15.3 Å². The Balaban J connectivity index is 2.12. The molecule has 1 rings (SSSR count). The van der Waals surface area contributed by atoms with Crippen LogP contribution in [0, 0.1) is 5.92 Å². The Morgan fingerprint density at radius 1 is 1.43 bits per heavy atom. The molecule has 1 unspecified atom stereocenters. The fourth-order valence-electron chi connectivity index (χ4n) is 2.24. The summed E-state index contributed by atoms with van der Waals surface area (Å²) in [5.41, 5.74) is 0. The van der Waals surface area contributed by atoms with Gasteiger partial charge in [-0.2, -0.15) is 0 Å². The largest absolute Gasteiger partial charge is 0.314 e. The van der Waals surface area contributed by atoms with Gasteiger partial charge in [0.1, 0.15) is 0 Å². The minimum atomic E-state index is 0.798. The summed E-state index contributed by atoms with van der Waals surface area (Å²) < 4.78 is 0. The Hall–Kier alpha value is -0.0800. The Morgan fingerprint density at radius 3 is 2.71 bits per heavy atom. The number of nitrogens with zero attached hydrogens (tertiary/aromatic N) is 1. The lowest BCUT2D eigenvalue weighted by molar-refractivity contribution is 0.244. The van der Waals surface area contributed by atoms with Gasteiger partial charge >= 0.3 is 0 Å². The van der Waals surface area contributed by atoms with Crippen LogP contribution in [0.15, 0.2) is 0 Å². The highest BCUT2D eigenvalue weighted by molar-refractivity contribution is 4.75. The van der Waals surface area contributed by atoms with Crippen molar-refractivity contribution in [2.75, 3.05) is 26.2 Å². The van der Waals surface area contributed by atoms with Gasteiger partial charge in [0.15, 0.2) is 0 Å². The molecular weight excluding hydrogens is 172 g/mol. The summed E-state index contributed by atoms with van der Waals surface area (Å²) >= 11 is 0. The van der Waals surface area contributed by atoms with Crippen LogP contribution in [-0.2, 0) is 0 Å². The first-order chi connectivity index (χ1) is 6.72. The van der Waals surface area contributed by atoms with E-state index in [0.29, 0.717) is 0 Å². The number of hydrogen-bond acceptors (Lipinski definition) is 2. The lowest BCUT2D eigenvalue weighted by atomic mass is 10.1. The quantitative estimate of drug-likeness (QED) is 0.703. The first kappa shape index (κ1) is 12.0. The van der Waals surface area contributed by atoms with Crippen molar-refractivity contribution in [2.24, 2.45) is 5.92 Å². The first-order valence-electron chi connectivity index (χ1n) is 6.18. The molecule has 0 aromatic carbocycles.